The van der Waals surface area contributed by atoms with Crippen LogP contribution in [0.3, 0.4) is 0 Å². The van der Waals surface area contributed by atoms with Crippen molar-refractivity contribution in [3.8, 4) is 22.3 Å². The van der Waals surface area contributed by atoms with E-state index in [9.17, 15) is 0 Å². The van der Waals surface area contributed by atoms with Gasteiger partial charge in [-0.15, -0.1) is 22.7 Å². The summed E-state index contributed by atoms with van der Waals surface area (Å²) in [5.74, 6) is 0. The van der Waals surface area contributed by atoms with Crippen molar-refractivity contribution in [3.05, 3.63) is 176 Å². The van der Waals surface area contributed by atoms with Crippen molar-refractivity contribution in [2.75, 3.05) is 4.90 Å². The lowest BCUT2D eigenvalue weighted by atomic mass is 10.0. The first-order valence-electron chi connectivity index (χ1n) is 16.6. The number of fused-ring (bicyclic) bond motifs is 8. The number of rotatable bonds is 5. The first-order valence-corrected chi connectivity index (χ1v) is 18.2. The Balaban J connectivity index is 1.11. The van der Waals surface area contributed by atoms with Crippen LogP contribution in [-0.2, 0) is 0 Å². The van der Waals surface area contributed by atoms with Gasteiger partial charge in [0, 0.05) is 57.4 Å². The minimum atomic E-state index is 1.13. The van der Waals surface area contributed by atoms with Gasteiger partial charge in [0.25, 0.3) is 0 Å². The minimum absolute atomic E-state index is 1.13. The van der Waals surface area contributed by atoms with E-state index in [-0.39, 0.29) is 0 Å². The zero-order valence-electron chi connectivity index (χ0n) is 26.5. The molecule has 3 heteroatoms. The van der Waals surface area contributed by atoms with Crippen LogP contribution >= 0.6 is 22.7 Å². The molecule has 1 nitrogen and oxygen atoms in total. The zero-order chi connectivity index (χ0) is 32.3. The van der Waals surface area contributed by atoms with E-state index in [1.165, 1.54) is 73.4 Å². The van der Waals surface area contributed by atoms with E-state index in [1.807, 2.05) is 22.7 Å². The zero-order valence-corrected chi connectivity index (χ0v) is 28.1. The molecule has 10 aromatic rings. The average molecular weight is 660 g/mol. The molecule has 2 aromatic heterocycles. The van der Waals surface area contributed by atoms with E-state index >= 15 is 0 Å². The van der Waals surface area contributed by atoms with Crippen molar-refractivity contribution in [2.24, 2.45) is 0 Å². The third kappa shape index (κ3) is 4.74. The molecule has 0 fully saturated rings. The van der Waals surface area contributed by atoms with Gasteiger partial charge < -0.3 is 4.90 Å². The first-order chi connectivity index (χ1) is 24.3. The van der Waals surface area contributed by atoms with Crippen molar-refractivity contribution in [1.29, 1.82) is 0 Å². The molecule has 49 heavy (non-hydrogen) atoms. The van der Waals surface area contributed by atoms with Crippen LogP contribution in [0.2, 0.25) is 0 Å². The number of nitrogens with zero attached hydrogens (tertiary/aromatic N) is 1. The largest absolute Gasteiger partial charge is 0.310 e. The molecule has 230 valence electrons. The van der Waals surface area contributed by atoms with Gasteiger partial charge >= 0.3 is 0 Å². The van der Waals surface area contributed by atoms with E-state index in [0.717, 1.165) is 17.1 Å². The molecule has 0 aliphatic heterocycles. The van der Waals surface area contributed by atoms with E-state index in [4.69, 9.17) is 0 Å². The van der Waals surface area contributed by atoms with Gasteiger partial charge in [0.1, 0.15) is 0 Å². The molecule has 8 aromatic carbocycles. The van der Waals surface area contributed by atoms with Crippen LogP contribution in [0.15, 0.2) is 176 Å². The summed E-state index contributed by atoms with van der Waals surface area (Å²) in [7, 11) is 0. The van der Waals surface area contributed by atoms with E-state index in [0.29, 0.717) is 0 Å². The molecule has 0 N–H and O–H groups in total. The van der Waals surface area contributed by atoms with E-state index < -0.39 is 0 Å². The van der Waals surface area contributed by atoms with E-state index in [2.05, 4.69) is 181 Å². The van der Waals surface area contributed by atoms with Crippen molar-refractivity contribution in [3.63, 3.8) is 0 Å². The Kier molecular flexibility index (Phi) is 6.61. The summed E-state index contributed by atoms with van der Waals surface area (Å²) in [4.78, 5) is 2.39. The van der Waals surface area contributed by atoms with Gasteiger partial charge in [-0.3, -0.25) is 0 Å². The maximum absolute atomic E-state index is 2.39. The Bertz CT molecular complexity index is 2810. The third-order valence-electron chi connectivity index (χ3n) is 9.68. The summed E-state index contributed by atoms with van der Waals surface area (Å²) in [6.45, 7) is 0. The molecule has 0 aliphatic carbocycles. The van der Waals surface area contributed by atoms with Crippen molar-refractivity contribution < 1.29 is 0 Å². The molecule has 0 saturated heterocycles. The maximum atomic E-state index is 2.39. The van der Waals surface area contributed by atoms with Crippen LogP contribution in [0, 0.1) is 0 Å². The molecule has 0 bridgehead atoms. The van der Waals surface area contributed by atoms with Crippen molar-refractivity contribution in [2.45, 2.75) is 0 Å². The molecule has 0 aliphatic rings. The number of hydrogen-bond acceptors (Lipinski definition) is 3. The third-order valence-corrected chi connectivity index (χ3v) is 12.1. The molecular weight excluding hydrogens is 631 g/mol. The van der Waals surface area contributed by atoms with Gasteiger partial charge in [-0.25, -0.2) is 0 Å². The molecule has 0 atom stereocenters. The first kappa shape index (κ1) is 28.3. The van der Waals surface area contributed by atoms with Crippen LogP contribution in [0.5, 0.6) is 0 Å². The second kappa shape index (κ2) is 11.5. The van der Waals surface area contributed by atoms with Gasteiger partial charge in [0.2, 0.25) is 0 Å². The van der Waals surface area contributed by atoms with Gasteiger partial charge in [0.05, 0.1) is 0 Å². The quantitative estimate of drug-likeness (QED) is 0.178. The average Bonchev–Trinajstić information content (AvgIpc) is 3.75. The second-order valence-electron chi connectivity index (χ2n) is 12.5. The Hall–Kier alpha value is -5.74. The minimum Gasteiger partial charge on any atom is -0.310 e. The summed E-state index contributed by atoms with van der Waals surface area (Å²) >= 11 is 3.77. The smallest absolute Gasteiger partial charge is 0.0468 e. The lowest BCUT2D eigenvalue weighted by molar-refractivity contribution is 1.29. The number of anilines is 3. The molecular formula is C46H29NS2. The molecule has 2 heterocycles. The Labute approximate surface area is 292 Å². The second-order valence-corrected chi connectivity index (χ2v) is 14.6. The lowest BCUT2D eigenvalue weighted by Crippen LogP contribution is -2.09. The van der Waals surface area contributed by atoms with Crippen LogP contribution in [0.25, 0.3) is 73.4 Å². The standard InChI is InChI=1S/C46H29NS2/c1-2-9-30(10-3-1)31-17-22-34(23-18-31)47(36-26-28-44-42(29-36)41-27-21-32-11-4-5-12-37(32)46(41)49-44)35-24-19-33(20-25-35)38-14-8-15-40-39-13-6-7-16-43(39)48-45(38)40/h1-29H. The number of benzene rings is 8. The van der Waals surface area contributed by atoms with Crippen molar-refractivity contribution >= 4 is 90.9 Å². The fourth-order valence-corrected chi connectivity index (χ4v) is 9.73. The molecule has 10 rings (SSSR count). The van der Waals surface area contributed by atoms with Crippen molar-refractivity contribution in [1.82, 2.24) is 0 Å². The monoisotopic (exact) mass is 659 g/mol. The highest BCUT2D eigenvalue weighted by molar-refractivity contribution is 7.27. The fourth-order valence-electron chi connectivity index (χ4n) is 7.28. The predicted octanol–water partition coefficient (Wildman–Crippen LogP) is 14.4. The molecule has 0 saturated carbocycles. The van der Waals surface area contributed by atoms with Crippen LogP contribution < -0.4 is 4.90 Å². The normalized spacial score (nSPS) is 11.7. The summed E-state index contributed by atoms with van der Waals surface area (Å²) < 4.78 is 5.33. The number of thiophene rings is 2. The van der Waals surface area contributed by atoms with Crippen LogP contribution in [-0.4, -0.2) is 0 Å². The van der Waals surface area contributed by atoms with Crippen LogP contribution in [0.1, 0.15) is 0 Å². The summed E-state index contributed by atoms with van der Waals surface area (Å²) in [5, 5.41) is 7.87. The Morgan fingerprint density at radius 1 is 0.327 bits per heavy atom. The SMILES string of the molecule is c1ccc(-c2ccc(N(c3ccc(-c4cccc5c4sc4ccccc45)cc3)c3ccc4sc5c6ccccc6ccc5c4c3)cc2)cc1. The summed E-state index contributed by atoms with van der Waals surface area (Å²) in [5.41, 5.74) is 8.34. The maximum Gasteiger partial charge on any atom is 0.0468 e. The number of hydrogen-bond donors (Lipinski definition) is 0. The molecule has 0 amide bonds. The fraction of sp³-hybridized carbons (Fsp3) is 0. The highest BCUT2D eigenvalue weighted by atomic mass is 32.1. The van der Waals surface area contributed by atoms with Gasteiger partial charge in [-0.1, -0.05) is 127 Å². The van der Waals surface area contributed by atoms with E-state index in [1.54, 1.807) is 0 Å². The van der Waals surface area contributed by atoms with Gasteiger partial charge in [-0.05, 0) is 81.6 Å². The predicted molar refractivity (Wildman–Crippen MR) is 215 cm³/mol. The molecule has 0 radical (unpaired) electrons. The molecule has 0 spiro atoms. The lowest BCUT2D eigenvalue weighted by Gasteiger charge is -2.26. The highest BCUT2D eigenvalue weighted by Crippen LogP contribution is 2.44. The van der Waals surface area contributed by atoms with Gasteiger partial charge in [-0.2, -0.15) is 0 Å². The molecule has 0 unspecified atom stereocenters. The summed E-state index contributed by atoms with van der Waals surface area (Å²) in [6.07, 6.45) is 0. The Morgan fingerprint density at radius 3 is 1.73 bits per heavy atom. The topological polar surface area (TPSA) is 3.24 Å². The highest BCUT2D eigenvalue weighted by Gasteiger charge is 2.17. The van der Waals surface area contributed by atoms with Gasteiger partial charge in [0.15, 0.2) is 0 Å². The summed E-state index contributed by atoms with van der Waals surface area (Å²) in [6, 6.07) is 64.3. The Morgan fingerprint density at radius 2 is 0.918 bits per heavy atom. The van der Waals surface area contributed by atoms with Crippen LogP contribution in [0.4, 0.5) is 17.1 Å².